The quantitative estimate of drug-likeness (QED) is 0.696. The monoisotopic (exact) mass is 299 g/mol. The second kappa shape index (κ2) is 7.50. The Bertz CT molecular complexity index is 623. The minimum absolute atomic E-state index is 0.721. The van der Waals surface area contributed by atoms with Crippen molar-refractivity contribution < 1.29 is 0 Å². The van der Waals surface area contributed by atoms with Crippen molar-refractivity contribution in [2.75, 3.05) is 5.73 Å². The molecule has 0 saturated carbocycles. The smallest absolute Gasteiger partial charge is 0.0921 e. The Morgan fingerprint density at radius 2 is 1.71 bits per heavy atom. The van der Waals surface area contributed by atoms with Crippen molar-refractivity contribution in [2.24, 2.45) is 0 Å². The summed E-state index contributed by atoms with van der Waals surface area (Å²) in [5.41, 5.74) is 9.88. The van der Waals surface area contributed by atoms with Crippen molar-refractivity contribution in [1.29, 1.82) is 0 Å². The van der Waals surface area contributed by atoms with Crippen LogP contribution in [0.4, 0.5) is 5.69 Å². The molecule has 3 N–H and O–H groups in total. The summed E-state index contributed by atoms with van der Waals surface area (Å²) in [7, 11) is 0. The predicted molar refractivity (Wildman–Crippen MR) is 88.4 cm³/mol. The molecule has 0 bridgehead atoms. The number of aromatic nitrogens is 2. The number of hydrogen-bond acceptors (Lipinski definition) is 2. The molecule has 2 aromatic carbocycles. The maximum Gasteiger partial charge on any atom is 0.0921 e. The van der Waals surface area contributed by atoms with Gasteiger partial charge in [0.05, 0.1) is 6.33 Å². The van der Waals surface area contributed by atoms with Crippen LogP contribution in [0, 0.1) is 6.92 Å². The first-order valence-corrected chi connectivity index (χ1v) is 7.05. The number of nitrogens with two attached hydrogens (primary N) is 1. The summed E-state index contributed by atoms with van der Waals surface area (Å²) in [6.07, 6.45) is 4.50. The summed E-state index contributed by atoms with van der Waals surface area (Å²) in [4.78, 5) is 7.07. The molecular formula is C17H18ClN3. The molecule has 0 spiro atoms. The number of rotatable bonds is 2. The van der Waals surface area contributed by atoms with E-state index in [0.29, 0.717) is 0 Å². The third-order valence-electron chi connectivity index (χ3n) is 2.94. The first-order valence-electron chi connectivity index (χ1n) is 6.67. The lowest BCUT2D eigenvalue weighted by molar-refractivity contribution is 1.10. The van der Waals surface area contributed by atoms with Crippen LogP contribution in [-0.4, -0.2) is 9.97 Å². The molecular weight excluding hydrogens is 282 g/mol. The van der Waals surface area contributed by atoms with Crippen LogP contribution in [0.15, 0.2) is 61.1 Å². The standard InChI is InChI=1S/C11H12N2.C6H6ClN/c1-9-2-4-10(5-3-9)6-11-7-12-8-13-11;7-5-1-3-6(8)4-2-5/h2-5,7-8H,6H2,1H3,(H,12,13);1-4H,8H2. The van der Waals surface area contributed by atoms with E-state index in [1.54, 1.807) is 30.6 Å². The number of halogens is 1. The van der Waals surface area contributed by atoms with Crippen molar-refractivity contribution in [2.45, 2.75) is 13.3 Å². The fourth-order valence-corrected chi connectivity index (χ4v) is 1.90. The molecule has 0 aliphatic heterocycles. The van der Waals surface area contributed by atoms with Crippen molar-refractivity contribution in [1.82, 2.24) is 9.97 Å². The van der Waals surface area contributed by atoms with Gasteiger partial charge in [-0.05, 0) is 36.8 Å². The van der Waals surface area contributed by atoms with Gasteiger partial charge in [-0.25, -0.2) is 4.98 Å². The van der Waals surface area contributed by atoms with Crippen LogP contribution in [-0.2, 0) is 6.42 Å². The summed E-state index contributed by atoms with van der Waals surface area (Å²) in [5.74, 6) is 0. The second-order valence-corrected chi connectivity index (χ2v) is 5.23. The third kappa shape index (κ3) is 5.32. The fourth-order valence-electron chi connectivity index (χ4n) is 1.77. The summed E-state index contributed by atoms with van der Waals surface area (Å²) < 4.78 is 0. The van der Waals surface area contributed by atoms with Gasteiger partial charge in [0, 0.05) is 29.0 Å². The highest BCUT2D eigenvalue weighted by Crippen LogP contribution is 2.09. The maximum absolute atomic E-state index is 5.56. The van der Waals surface area contributed by atoms with Gasteiger partial charge in [-0.1, -0.05) is 41.4 Å². The van der Waals surface area contributed by atoms with Gasteiger partial charge in [0.1, 0.15) is 0 Å². The average Bonchev–Trinajstić information content (AvgIpc) is 2.98. The van der Waals surface area contributed by atoms with Gasteiger partial charge in [0.15, 0.2) is 0 Å². The van der Waals surface area contributed by atoms with Crippen molar-refractivity contribution in [3.63, 3.8) is 0 Å². The third-order valence-corrected chi connectivity index (χ3v) is 3.19. The number of imidazole rings is 1. The normalized spacial score (nSPS) is 9.81. The second-order valence-electron chi connectivity index (χ2n) is 4.79. The summed E-state index contributed by atoms with van der Waals surface area (Å²) >= 11 is 5.56. The number of nitrogen functional groups attached to an aromatic ring is 1. The molecule has 1 heterocycles. The molecule has 3 aromatic rings. The van der Waals surface area contributed by atoms with E-state index in [2.05, 4.69) is 41.2 Å². The number of hydrogen-bond donors (Lipinski definition) is 2. The van der Waals surface area contributed by atoms with Crippen LogP contribution < -0.4 is 5.73 Å². The Hall–Kier alpha value is -2.26. The fraction of sp³-hybridized carbons (Fsp3) is 0.118. The molecule has 21 heavy (non-hydrogen) atoms. The van der Waals surface area contributed by atoms with E-state index in [1.165, 1.54) is 11.1 Å². The van der Waals surface area contributed by atoms with E-state index in [-0.39, 0.29) is 0 Å². The molecule has 1 aromatic heterocycles. The van der Waals surface area contributed by atoms with Crippen molar-refractivity contribution in [3.05, 3.63) is 82.9 Å². The molecule has 3 nitrogen and oxygen atoms in total. The van der Waals surface area contributed by atoms with Crippen LogP contribution in [0.25, 0.3) is 0 Å². The largest absolute Gasteiger partial charge is 0.399 e. The number of nitrogens with zero attached hydrogens (tertiary/aromatic N) is 1. The Labute approximate surface area is 129 Å². The zero-order valence-corrected chi connectivity index (χ0v) is 12.6. The van der Waals surface area contributed by atoms with E-state index >= 15 is 0 Å². The van der Waals surface area contributed by atoms with Crippen molar-refractivity contribution in [3.8, 4) is 0 Å². The lowest BCUT2D eigenvalue weighted by atomic mass is 10.1. The van der Waals surface area contributed by atoms with E-state index in [1.807, 2.05) is 6.20 Å². The number of benzene rings is 2. The average molecular weight is 300 g/mol. The minimum atomic E-state index is 0.721. The zero-order chi connectivity index (χ0) is 15.1. The van der Waals surface area contributed by atoms with Gasteiger partial charge >= 0.3 is 0 Å². The predicted octanol–water partition coefficient (Wildman–Crippen LogP) is 4.23. The molecule has 0 unspecified atom stereocenters. The molecule has 0 radical (unpaired) electrons. The highest BCUT2D eigenvalue weighted by Gasteiger charge is 1.95. The minimum Gasteiger partial charge on any atom is -0.399 e. The molecule has 0 saturated heterocycles. The van der Waals surface area contributed by atoms with Gasteiger partial charge in [-0.2, -0.15) is 0 Å². The molecule has 0 atom stereocenters. The maximum atomic E-state index is 5.56. The van der Waals surface area contributed by atoms with E-state index in [0.717, 1.165) is 22.8 Å². The van der Waals surface area contributed by atoms with E-state index in [9.17, 15) is 0 Å². The van der Waals surface area contributed by atoms with Crippen molar-refractivity contribution >= 4 is 17.3 Å². The molecule has 3 rings (SSSR count). The Morgan fingerprint density at radius 3 is 2.24 bits per heavy atom. The summed E-state index contributed by atoms with van der Waals surface area (Å²) in [5, 5.41) is 0.721. The van der Waals surface area contributed by atoms with Gasteiger partial charge in [-0.3, -0.25) is 0 Å². The van der Waals surface area contributed by atoms with Crippen LogP contribution in [0.2, 0.25) is 5.02 Å². The number of aryl methyl sites for hydroxylation is 1. The van der Waals surface area contributed by atoms with Crippen LogP contribution in [0.5, 0.6) is 0 Å². The first kappa shape index (κ1) is 15.1. The van der Waals surface area contributed by atoms with E-state index < -0.39 is 0 Å². The van der Waals surface area contributed by atoms with E-state index in [4.69, 9.17) is 17.3 Å². The molecule has 0 aliphatic rings. The van der Waals surface area contributed by atoms with Gasteiger partial charge in [0.2, 0.25) is 0 Å². The molecule has 0 amide bonds. The highest BCUT2D eigenvalue weighted by atomic mass is 35.5. The lowest BCUT2D eigenvalue weighted by Crippen LogP contribution is -1.87. The number of nitrogens with one attached hydrogen (secondary N) is 1. The summed E-state index contributed by atoms with van der Waals surface area (Å²) in [6.45, 7) is 2.10. The Balaban J connectivity index is 0.000000173. The number of anilines is 1. The number of H-pyrrole nitrogens is 1. The van der Waals surface area contributed by atoms with Gasteiger partial charge < -0.3 is 10.7 Å². The zero-order valence-electron chi connectivity index (χ0n) is 11.9. The topological polar surface area (TPSA) is 54.7 Å². The van der Waals surface area contributed by atoms with Crippen LogP contribution in [0.1, 0.15) is 16.8 Å². The number of aromatic amines is 1. The van der Waals surface area contributed by atoms with Gasteiger partial charge in [0.25, 0.3) is 0 Å². The van der Waals surface area contributed by atoms with Crippen LogP contribution in [0.3, 0.4) is 0 Å². The molecule has 4 heteroatoms. The highest BCUT2D eigenvalue weighted by molar-refractivity contribution is 6.30. The Kier molecular flexibility index (Phi) is 5.41. The first-order chi connectivity index (χ1) is 10.1. The lowest BCUT2D eigenvalue weighted by Gasteiger charge is -1.98. The molecule has 0 fully saturated rings. The Morgan fingerprint density at radius 1 is 1.05 bits per heavy atom. The summed E-state index contributed by atoms with van der Waals surface area (Å²) in [6, 6.07) is 15.6. The van der Waals surface area contributed by atoms with Crippen LogP contribution >= 0.6 is 11.6 Å². The van der Waals surface area contributed by atoms with Gasteiger partial charge in [-0.15, -0.1) is 0 Å². The molecule has 108 valence electrons. The SMILES string of the molecule is Cc1ccc(Cc2cnc[nH]2)cc1.Nc1ccc(Cl)cc1. The molecule has 0 aliphatic carbocycles.